The molecule has 1 atom stereocenters. The molecule has 0 aliphatic carbocycles. The van der Waals surface area contributed by atoms with Crippen LogP contribution in [0.2, 0.25) is 0 Å². The Morgan fingerprint density at radius 2 is 2.14 bits per heavy atom. The fraction of sp³-hybridized carbons (Fsp3) is 0.375. The molecule has 1 aromatic carbocycles. The maximum Gasteiger partial charge on any atom is 0.232 e. The number of aromatic nitrogens is 1. The first-order valence-corrected chi connectivity index (χ1v) is 8.68. The molecule has 112 valence electrons. The van der Waals surface area contributed by atoms with E-state index in [0.29, 0.717) is 18.7 Å². The molecule has 0 saturated heterocycles. The average Bonchev–Trinajstić information content (AvgIpc) is 3.04. The van der Waals surface area contributed by atoms with Crippen LogP contribution in [0.5, 0.6) is 0 Å². The Labute approximate surface area is 135 Å². The molecular formula is C16H20N2OS2. The fourth-order valence-corrected chi connectivity index (χ4v) is 3.07. The maximum atomic E-state index is 12.8. The second-order valence-electron chi connectivity index (χ2n) is 4.91. The largest absolute Gasteiger partial charge is 0.296 e. The van der Waals surface area contributed by atoms with Crippen LogP contribution in [0.15, 0.2) is 41.2 Å². The van der Waals surface area contributed by atoms with Gasteiger partial charge in [-0.1, -0.05) is 37.3 Å². The second-order valence-corrected chi connectivity index (χ2v) is 5.99. The van der Waals surface area contributed by atoms with E-state index >= 15 is 0 Å². The van der Waals surface area contributed by atoms with Crippen molar-refractivity contribution < 1.29 is 4.79 Å². The Morgan fingerprint density at radius 1 is 1.38 bits per heavy atom. The van der Waals surface area contributed by atoms with Gasteiger partial charge in [-0.15, -0.1) is 11.3 Å². The zero-order valence-electron chi connectivity index (χ0n) is 12.1. The predicted octanol–water partition coefficient (Wildman–Crippen LogP) is 3.67. The zero-order valence-corrected chi connectivity index (χ0v) is 13.8. The monoisotopic (exact) mass is 320 g/mol. The lowest BCUT2D eigenvalue weighted by Crippen LogP contribution is -2.38. The number of anilines is 1. The molecule has 0 fully saturated rings. The Bertz CT molecular complexity index is 543. The van der Waals surface area contributed by atoms with Crippen LogP contribution < -0.4 is 4.90 Å². The molecule has 21 heavy (non-hydrogen) atoms. The molecule has 1 heterocycles. The highest BCUT2D eigenvalue weighted by Crippen LogP contribution is 2.20. The number of thiazole rings is 1. The van der Waals surface area contributed by atoms with Gasteiger partial charge in [0.05, 0.1) is 11.4 Å². The van der Waals surface area contributed by atoms with Gasteiger partial charge in [-0.05, 0) is 18.4 Å². The van der Waals surface area contributed by atoms with E-state index in [-0.39, 0.29) is 11.8 Å². The first-order valence-electron chi connectivity index (χ1n) is 7.10. The average molecular weight is 320 g/mol. The van der Waals surface area contributed by atoms with E-state index in [2.05, 4.69) is 36.7 Å². The van der Waals surface area contributed by atoms with E-state index in [0.717, 1.165) is 12.2 Å². The molecule has 2 rings (SSSR count). The van der Waals surface area contributed by atoms with Crippen molar-refractivity contribution in [2.24, 2.45) is 5.92 Å². The van der Waals surface area contributed by atoms with Crippen molar-refractivity contribution in [3.05, 3.63) is 46.8 Å². The van der Waals surface area contributed by atoms with Gasteiger partial charge in [-0.25, -0.2) is 4.98 Å². The molecule has 0 bridgehead atoms. The zero-order chi connectivity index (χ0) is 15.1. The summed E-state index contributed by atoms with van der Waals surface area (Å²) in [7, 11) is 0. The third kappa shape index (κ3) is 4.32. The van der Waals surface area contributed by atoms with Gasteiger partial charge in [0.1, 0.15) is 5.82 Å². The lowest BCUT2D eigenvalue weighted by atomic mass is 9.99. The summed E-state index contributed by atoms with van der Waals surface area (Å²) in [6.07, 6.45) is 1.63. The third-order valence-corrected chi connectivity index (χ3v) is 4.32. The van der Waals surface area contributed by atoms with Crippen molar-refractivity contribution >= 4 is 35.7 Å². The normalized spacial score (nSPS) is 12.1. The first kappa shape index (κ1) is 16.0. The number of hydrogen-bond acceptors (Lipinski definition) is 4. The number of carbonyl (C=O) groups excluding carboxylic acids is 1. The Balaban J connectivity index is 2.13. The van der Waals surface area contributed by atoms with Crippen LogP contribution in [0, 0.1) is 5.92 Å². The number of carbonyl (C=O) groups is 1. The van der Waals surface area contributed by atoms with Gasteiger partial charge < -0.3 is 0 Å². The van der Waals surface area contributed by atoms with Crippen molar-refractivity contribution in [3.63, 3.8) is 0 Å². The summed E-state index contributed by atoms with van der Waals surface area (Å²) in [6, 6.07) is 10.1. The van der Waals surface area contributed by atoms with Gasteiger partial charge in [0.15, 0.2) is 0 Å². The maximum absolute atomic E-state index is 12.8. The Morgan fingerprint density at radius 3 is 2.71 bits per heavy atom. The van der Waals surface area contributed by atoms with Gasteiger partial charge in [-0.3, -0.25) is 9.69 Å². The fourth-order valence-electron chi connectivity index (χ4n) is 2.25. The molecule has 1 aromatic heterocycles. The molecule has 0 N–H and O–H groups in total. The lowest BCUT2D eigenvalue weighted by molar-refractivity contribution is -0.121. The molecule has 0 aliphatic rings. The van der Waals surface area contributed by atoms with Crippen molar-refractivity contribution in [3.8, 4) is 0 Å². The predicted molar refractivity (Wildman–Crippen MR) is 92.2 cm³/mol. The van der Waals surface area contributed by atoms with E-state index < -0.39 is 0 Å². The van der Waals surface area contributed by atoms with E-state index in [9.17, 15) is 4.79 Å². The summed E-state index contributed by atoms with van der Waals surface area (Å²) in [5.41, 5.74) is 2.93. The van der Waals surface area contributed by atoms with E-state index in [1.807, 2.05) is 23.6 Å². The minimum atomic E-state index is -0.121. The van der Waals surface area contributed by atoms with Crippen LogP contribution in [-0.4, -0.2) is 23.2 Å². The molecule has 0 saturated carbocycles. The van der Waals surface area contributed by atoms with Crippen LogP contribution in [-0.2, 0) is 11.2 Å². The molecular weight excluding hydrogens is 300 g/mol. The van der Waals surface area contributed by atoms with Crippen molar-refractivity contribution in [2.75, 3.05) is 17.2 Å². The molecule has 1 unspecified atom stereocenters. The summed E-state index contributed by atoms with van der Waals surface area (Å²) < 4.78 is 0. The third-order valence-electron chi connectivity index (χ3n) is 3.30. The first-order chi connectivity index (χ1) is 10.3. The van der Waals surface area contributed by atoms with E-state index in [1.165, 1.54) is 16.9 Å². The number of thiol groups is 1. The van der Waals surface area contributed by atoms with E-state index in [4.69, 9.17) is 0 Å². The molecule has 3 nitrogen and oxygen atoms in total. The molecule has 2 aromatic rings. The number of rotatable bonds is 7. The molecule has 0 aliphatic heterocycles. The van der Waals surface area contributed by atoms with Gasteiger partial charge in [0, 0.05) is 17.7 Å². The number of hydrogen-bond donors (Lipinski definition) is 1. The summed E-state index contributed by atoms with van der Waals surface area (Å²) >= 11 is 5.89. The molecule has 0 radical (unpaired) electrons. The van der Waals surface area contributed by atoms with Crippen LogP contribution in [0.1, 0.15) is 18.9 Å². The summed E-state index contributed by atoms with van der Waals surface area (Å²) in [4.78, 5) is 18.9. The van der Waals surface area contributed by atoms with Crippen molar-refractivity contribution in [1.29, 1.82) is 0 Å². The van der Waals surface area contributed by atoms with Gasteiger partial charge in [-0.2, -0.15) is 12.6 Å². The lowest BCUT2D eigenvalue weighted by Gasteiger charge is -2.24. The van der Waals surface area contributed by atoms with Gasteiger partial charge >= 0.3 is 0 Å². The second kappa shape index (κ2) is 8.20. The number of benzene rings is 1. The highest BCUT2D eigenvalue weighted by Gasteiger charge is 2.25. The Hall–Kier alpha value is -1.33. The van der Waals surface area contributed by atoms with Crippen LogP contribution >= 0.6 is 24.0 Å². The number of amides is 1. The SMILES string of the molecule is CCCN(C(=O)C(CS)Cc1ccccc1)c1cscn1. The smallest absolute Gasteiger partial charge is 0.232 e. The number of nitrogens with zero attached hydrogens (tertiary/aromatic N) is 2. The van der Waals surface area contributed by atoms with Crippen molar-refractivity contribution in [2.45, 2.75) is 19.8 Å². The minimum Gasteiger partial charge on any atom is -0.296 e. The van der Waals surface area contributed by atoms with Gasteiger partial charge in [0.25, 0.3) is 0 Å². The summed E-state index contributed by atoms with van der Waals surface area (Å²) in [6.45, 7) is 2.77. The highest BCUT2D eigenvalue weighted by molar-refractivity contribution is 7.80. The highest BCUT2D eigenvalue weighted by atomic mass is 32.1. The summed E-state index contributed by atoms with van der Waals surface area (Å²) in [5, 5.41) is 1.92. The minimum absolute atomic E-state index is 0.113. The standard InChI is InChI=1S/C16H20N2OS2/c1-2-8-18(15-11-21-12-17-15)16(19)14(10-20)9-13-6-4-3-5-7-13/h3-7,11-12,14,20H,2,8-10H2,1H3. The van der Waals surface area contributed by atoms with Crippen LogP contribution in [0.25, 0.3) is 0 Å². The van der Waals surface area contributed by atoms with Crippen molar-refractivity contribution in [1.82, 2.24) is 4.98 Å². The van der Waals surface area contributed by atoms with Crippen LogP contribution in [0.4, 0.5) is 5.82 Å². The molecule has 0 spiro atoms. The Kier molecular flexibility index (Phi) is 6.26. The summed E-state index contributed by atoms with van der Waals surface area (Å²) in [5.74, 6) is 1.29. The topological polar surface area (TPSA) is 33.2 Å². The van der Waals surface area contributed by atoms with Crippen LogP contribution in [0.3, 0.4) is 0 Å². The quantitative estimate of drug-likeness (QED) is 0.790. The molecule has 5 heteroatoms. The molecule has 1 amide bonds. The van der Waals surface area contributed by atoms with E-state index in [1.54, 1.807) is 10.4 Å². The van der Waals surface area contributed by atoms with Gasteiger partial charge in [0.2, 0.25) is 5.91 Å².